The number of hydrogen-bond acceptors (Lipinski definition) is 4. The SMILES string of the molecule is CC(C(=O)O)N(C)C(=O)c1cncc(-c2ccc(N(C)C)cc2)c1. The number of anilines is 1. The molecule has 0 aliphatic rings. The highest BCUT2D eigenvalue weighted by Crippen LogP contribution is 2.23. The summed E-state index contributed by atoms with van der Waals surface area (Å²) in [4.78, 5) is 30.8. The first kappa shape index (κ1) is 17.5. The summed E-state index contributed by atoms with van der Waals surface area (Å²) in [6, 6.07) is 8.73. The topological polar surface area (TPSA) is 73.7 Å². The molecule has 1 unspecified atom stereocenters. The molecule has 0 bridgehead atoms. The predicted molar refractivity (Wildman–Crippen MR) is 93.2 cm³/mol. The third kappa shape index (κ3) is 3.71. The monoisotopic (exact) mass is 327 g/mol. The smallest absolute Gasteiger partial charge is 0.326 e. The van der Waals surface area contributed by atoms with E-state index in [1.807, 2.05) is 43.3 Å². The van der Waals surface area contributed by atoms with Crippen molar-refractivity contribution in [3.8, 4) is 11.1 Å². The zero-order valence-corrected chi connectivity index (χ0v) is 14.2. The molecule has 1 heterocycles. The van der Waals surface area contributed by atoms with Crippen LogP contribution in [0.5, 0.6) is 0 Å². The van der Waals surface area contributed by atoms with Crippen molar-refractivity contribution >= 4 is 17.6 Å². The minimum absolute atomic E-state index is 0.361. The van der Waals surface area contributed by atoms with E-state index in [9.17, 15) is 9.59 Å². The molecule has 0 radical (unpaired) electrons. The fourth-order valence-corrected chi connectivity index (χ4v) is 2.21. The second kappa shape index (κ2) is 7.12. The number of hydrogen-bond donors (Lipinski definition) is 1. The van der Waals surface area contributed by atoms with Gasteiger partial charge in [-0.25, -0.2) is 4.79 Å². The van der Waals surface area contributed by atoms with Gasteiger partial charge >= 0.3 is 5.97 Å². The number of likely N-dealkylation sites (N-methyl/N-ethyl adjacent to an activating group) is 1. The second-order valence-corrected chi connectivity index (χ2v) is 5.83. The van der Waals surface area contributed by atoms with Crippen LogP contribution in [0.15, 0.2) is 42.7 Å². The Bertz CT molecular complexity index is 741. The van der Waals surface area contributed by atoms with Crippen molar-refractivity contribution in [2.75, 3.05) is 26.0 Å². The highest BCUT2D eigenvalue weighted by atomic mass is 16.4. The number of carboxylic acids is 1. The van der Waals surface area contributed by atoms with Gasteiger partial charge in [0, 0.05) is 44.8 Å². The lowest BCUT2D eigenvalue weighted by molar-refractivity contribution is -0.141. The van der Waals surface area contributed by atoms with E-state index in [-0.39, 0.29) is 5.91 Å². The van der Waals surface area contributed by atoms with Crippen LogP contribution in [0.1, 0.15) is 17.3 Å². The zero-order valence-electron chi connectivity index (χ0n) is 14.2. The largest absolute Gasteiger partial charge is 0.480 e. The molecule has 1 atom stereocenters. The van der Waals surface area contributed by atoms with E-state index in [1.165, 1.54) is 25.1 Å². The van der Waals surface area contributed by atoms with Gasteiger partial charge in [-0.1, -0.05) is 12.1 Å². The maximum atomic E-state index is 12.4. The Balaban J connectivity index is 2.28. The fraction of sp³-hybridized carbons (Fsp3) is 0.278. The molecule has 24 heavy (non-hydrogen) atoms. The Morgan fingerprint density at radius 3 is 2.21 bits per heavy atom. The van der Waals surface area contributed by atoms with Gasteiger partial charge in [0.1, 0.15) is 6.04 Å². The summed E-state index contributed by atoms with van der Waals surface area (Å²) in [5.41, 5.74) is 3.19. The van der Waals surface area contributed by atoms with Crippen molar-refractivity contribution in [1.82, 2.24) is 9.88 Å². The van der Waals surface area contributed by atoms with Crippen molar-refractivity contribution in [3.05, 3.63) is 48.3 Å². The van der Waals surface area contributed by atoms with Gasteiger partial charge in [-0.2, -0.15) is 0 Å². The molecule has 0 aliphatic heterocycles. The summed E-state index contributed by atoms with van der Waals surface area (Å²) in [5.74, 6) is -1.42. The Morgan fingerprint density at radius 2 is 1.67 bits per heavy atom. The standard InChI is InChI=1S/C18H21N3O3/c1-12(18(23)24)21(4)17(22)15-9-14(10-19-11-15)13-5-7-16(8-6-13)20(2)3/h5-12H,1-4H3,(H,23,24). The first-order chi connectivity index (χ1) is 11.3. The predicted octanol–water partition coefficient (Wildman–Crippen LogP) is 2.36. The minimum atomic E-state index is -1.05. The molecular weight excluding hydrogens is 306 g/mol. The number of rotatable bonds is 5. The van der Waals surface area contributed by atoms with Gasteiger partial charge in [-0.05, 0) is 30.7 Å². The van der Waals surface area contributed by atoms with Gasteiger partial charge in [0.15, 0.2) is 0 Å². The van der Waals surface area contributed by atoms with E-state index in [2.05, 4.69) is 4.98 Å². The number of aromatic nitrogens is 1. The van der Waals surface area contributed by atoms with Gasteiger partial charge in [-0.15, -0.1) is 0 Å². The van der Waals surface area contributed by atoms with Gasteiger partial charge in [0.25, 0.3) is 5.91 Å². The number of aliphatic carboxylic acids is 1. The van der Waals surface area contributed by atoms with E-state index in [0.717, 1.165) is 16.8 Å². The maximum absolute atomic E-state index is 12.4. The van der Waals surface area contributed by atoms with Crippen LogP contribution in [0.3, 0.4) is 0 Å². The fourth-order valence-electron chi connectivity index (χ4n) is 2.21. The number of carbonyl (C=O) groups excluding carboxylic acids is 1. The Kier molecular flexibility index (Phi) is 5.18. The minimum Gasteiger partial charge on any atom is -0.480 e. The summed E-state index contributed by atoms with van der Waals surface area (Å²) in [5, 5.41) is 9.04. The number of benzene rings is 1. The molecule has 1 aromatic carbocycles. The lowest BCUT2D eigenvalue weighted by atomic mass is 10.0. The summed E-state index contributed by atoms with van der Waals surface area (Å²) >= 11 is 0. The summed E-state index contributed by atoms with van der Waals surface area (Å²) < 4.78 is 0. The number of nitrogens with zero attached hydrogens (tertiary/aromatic N) is 3. The zero-order chi connectivity index (χ0) is 17.9. The van der Waals surface area contributed by atoms with E-state index >= 15 is 0 Å². The summed E-state index contributed by atoms with van der Waals surface area (Å²) in [6.07, 6.45) is 3.13. The number of carbonyl (C=O) groups is 2. The molecule has 1 amide bonds. The molecule has 6 nitrogen and oxygen atoms in total. The molecule has 0 saturated carbocycles. The van der Waals surface area contributed by atoms with Crippen molar-refractivity contribution in [1.29, 1.82) is 0 Å². The Labute approximate surface area is 141 Å². The van der Waals surface area contributed by atoms with Crippen LogP contribution in [0.4, 0.5) is 5.69 Å². The Morgan fingerprint density at radius 1 is 1.04 bits per heavy atom. The van der Waals surface area contributed by atoms with Gasteiger partial charge < -0.3 is 14.9 Å². The van der Waals surface area contributed by atoms with Crippen LogP contribution >= 0.6 is 0 Å². The van der Waals surface area contributed by atoms with Gasteiger partial charge in [0.05, 0.1) is 5.56 Å². The molecule has 1 aromatic heterocycles. The molecular formula is C18H21N3O3. The average Bonchev–Trinajstić information content (AvgIpc) is 2.59. The Hall–Kier alpha value is -2.89. The lowest BCUT2D eigenvalue weighted by Crippen LogP contribution is -2.40. The van der Waals surface area contributed by atoms with E-state index in [4.69, 9.17) is 5.11 Å². The van der Waals surface area contributed by atoms with Crippen LogP contribution in [0, 0.1) is 0 Å². The third-order valence-electron chi connectivity index (χ3n) is 3.96. The molecule has 0 fully saturated rings. The van der Waals surface area contributed by atoms with Crippen molar-refractivity contribution in [2.45, 2.75) is 13.0 Å². The summed E-state index contributed by atoms with van der Waals surface area (Å²) in [7, 11) is 5.41. The molecule has 6 heteroatoms. The third-order valence-corrected chi connectivity index (χ3v) is 3.96. The van der Waals surface area contributed by atoms with E-state index < -0.39 is 12.0 Å². The molecule has 1 N–H and O–H groups in total. The number of pyridine rings is 1. The number of amides is 1. The number of carboxylic acid groups (broad SMARTS) is 1. The van der Waals surface area contributed by atoms with Crippen LogP contribution in [-0.2, 0) is 4.79 Å². The van der Waals surface area contributed by atoms with Gasteiger partial charge in [-0.3, -0.25) is 9.78 Å². The highest BCUT2D eigenvalue weighted by Gasteiger charge is 2.23. The summed E-state index contributed by atoms with van der Waals surface area (Å²) in [6.45, 7) is 1.47. The molecule has 0 aliphatic carbocycles. The second-order valence-electron chi connectivity index (χ2n) is 5.83. The molecule has 2 rings (SSSR count). The van der Waals surface area contributed by atoms with Crippen LogP contribution in [0.2, 0.25) is 0 Å². The lowest BCUT2D eigenvalue weighted by Gasteiger charge is -2.21. The molecule has 0 saturated heterocycles. The van der Waals surface area contributed by atoms with Gasteiger partial charge in [0.2, 0.25) is 0 Å². The van der Waals surface area contributed by atoms with Crippen LogP contribution in [0.25, 0.3) is 11.1 Å². The van der Waals surface area contributed by atoms with E-state index in [1.54, 1.807) is 12.3 Å². The maximum Gasteiger partial charge on any atom is 0.326 e. The van der Waals surface area contributed by atoms with Crippen molar-refractivity contribution in [2.24, 2.45) is 0 Å². The quantitative estimate of drug-likeness (QED) is 0.912. The van der Waals surface area contributed by atoms with Crippen molar-refractivity contribution < 1.29 is 14.7 Å². The molecule has 0 spiro atoms. The highest BCUT2D eigenvalue weighted by molar-refractivity contribution is 5.97. The normalized spacial score (nSPS) is 11.7. The molecule has 126 valence electrons. The first-order valence-corrected chi connectivity index (χ1v) is 7.54. The van der Waals surface area contributed by atoms with Crippen LogP contribution in [-0.4, -0.2) is 54.1 Å². The van der Waals surface area contributed by atoms with E-state index in [0.29, 0.717) is 5.56 Å². The average molecular weight is 327 g/mol. The molecule has 2 aromatic rings. The van der Waals surface area contributed by atoms with Crippen LogP contribution < -0.4 is 4.90 Å². The van der Waals surface area contributed by atoms with Crippen molar-refractivity contribution in [3.63, 3.8) is 0 Å². The first-order valence-electron chi connectivity index (χ1n) is 7.54.